The Kier molecular flexibility index (Phi) is 3.08. The highest BCUT2D eigenvalue weighted by atomic mass is 32.2. The predicted octanol–water partition coefficient (Wildman–Crippen LogP) is -0.764. The zero-order chi connectivity index (χ0) is 11.6. The Balaban J connectivity index is 3.15. The molecule has 0 aliphatic rings. The number of rotatable bonds is 4. The van der Waals surface area contributed by atoms with Gasteiger partial charge in [0.1, 0.15) is 12.2 Å². The lowest BCUT2D eigenvalue weighted by atomic mass is 10.4. The van der Waals surface area contributed by atoms with E-state index in [1.807, 2.05) is 0 Å². The summed E-state index contributed by atoms with van der Waals surface area (Å²) in [4.78, 5) is 10.4. The Labute approximate surface area is 86.7 Å². The Morgan fingerprint density at radius 3 is 2.53 bits per heavy atom. The molecule has 0 saturated carbocycles. The molecule has 15 heavy (non-hydrogen) atoms. The van der Waals surface area contributed by atoms with E-state index in [2.05, 4.69) is 10.2 Å². The SMILES string of the molecule is CCS(=O)(=O)c1nnc(CC(=O)O)n1C. The molecule has 0 fully saturated rings. The summed E-state index contributed by atoms with van der Waals surface area (Å²) in [5.74, 6) is -1.05. The first-order valence-corrected chi connectivity index (χ1v) is 5.86. The smallest absolute Gasteiger partial charge is 0.311 e. The van der Waals surface area contributed by atoms with E-state index in [4.69, 9.17) is 5.11 Å². The zero-order valence-corrected chi connectivity index (χ0v) is 9.15. The van der Waals surface area contributed by atoms with Crippen LogP contribution >= 0.6 is 0 Å². The molecule has 0 saturated heterocycles. The summed E-state index contributed by atoms with van der Waals surface area (Å²) in [6.45, 7) is 1.49. The molecule has 0 radical (unpaired) electrons. The molecular formula is C7H11N3O4S. The number of carboxylic acids is 1. The average Bonchev–Trinajstić information content (AvgIpc) is 2.48. The van der Waals surface area contributed by atoms with Gasteiger partial charge in [-0.15, -0.1) is 10.2 Å². The number of hydrogen-bond donors (Lipinski definition) is 1. The molecule has 84 valence electrons. The van der Waals surface area contributed by atoms with Crippen LogP contribution in [0.5, 0.6) is 0 Å². The Hall–Kier alpha value is -1.44. The molecule has 0 spiro atoms. The van der Waals surface area contributed by atoms with E-state index in [1.165, 1.54) is 18.5 Å². The topological polar surface area (TPSA) is 102 Å². The van der Waals surface area contributed by atoms with Crippen LogP contribution in [0.4, 0.5) is 0 Å². The average molecular weight is 233 g/mol. The monoisotopic (exact) mass is 233 g/mol. The normalized spacial score (nSPS) is 11.6. The van der Waals surface area contributed by atoms with Gasteiger partial charge in [-0.3, -0.25) is 4.79 Å². The van der Waals surface area contributed by atoms with Crippen molar-refractivity contribution in [2.24, 2.45) is 7.05 Å². The van der Waals surface area contributed by atoms with Crippen molar-refractivity contribution in [1.29, 1.82) is 0 Å². The fourth-order valence-corrected chi connectivity index (χ4v) is 1.98. The summed E-state index contributed by atoms with van der Waals surface area (Å²) >= 11 is 0. The fraction of sp³-hybridized carbons (Fsp3) is 0.571. The molecule has 0 amide bonds. The van der Waals surface area contributed by atoms with Crippen molar-refractivity contribution in [2.45, 2.75) is 18.5 Å². The summed E-state index contributed by atoms with van der Waals surface area (Å²) in [5, 5.41) is 15.3. The van der Waals surface area contributed by atoms with Gasteiger partial charge in [0.2, 0.25) is 15.0 Å². The third-order valence-corrected chi connectivity index (χ3v) is 3.56. The highest BCUT2D eigenvalue weighted by Gasteiger charge is 2.21. The Morgan fingerprint density at radius 1 is 1.47 bits per heavy atom. The molecule has 0 unspecified atom stereocenters. The first kappa shape index (κ1) is 11.6. The van der Waals surface area contributed by atoms with Crippen LogP contribution in [0.3, 0.4) is 0 Å². The standard InChI is InChI=1S/C7H11N3O4S/c1-3-15(13,14)7-9-8-5(10(7)2)4-6(11)12/h3-4H2,1-2H3,(H,11,12). The molecule has 1 aromatic rings. The second-order valence-corrected chi connectivity index (χ2v) is 5.10. The summed E-state index contributed by atoms with van der Waals surface area (Å²) < 4.78 is 24.1. The quantitative estimate of drug-likeness (QED) is 0.733. The minimum absolute atomic E-state index is 0.0912. The number of sulfone groups is 1. The second-order valence-electron chi connectivity index (χ2n) is 2.93. The maximum Gasteiger partial charge on any atom is 0.311 e. The van der Waals surface area contributed by atoms with Gasteiger partial charge in [0.25, 0.3) is 0 Å². The lowest BCUT2D eigenvalue weighted by Crippen LogP contribution is -2.13. The highest BCUT2D eigenvalue weighted by molar-refractivity contribution is 7.91. The number of aliphatic carboxylic acids is 1. The molecule has 0 bridgehead atoms. The van der Waals surface area contributed by atoms with E-state index < -0.39 is 15.8 Å². The van der Waals surface area contributed by atoms with Crippen LogP contribution in [0.25, 0.3) is 0 Å². The first-order valence-electron chi connectivity index (χ1n) is 4.21. The van der Waals surface area contributed by atoms with E-state index in [-0.39, 0.29) is 23.2 Å². The van der Waals surface area contributed by atoms with Crippen molar-refractivity contribution in [3.8, 4) is 0 Å². The van der Waals surface area contributed by atoms with Crippen molar-refractivity contribution in [1.82, 2.24) is 14.8 Å². The van der Waals surface area contributed by atoms with Gasteiger partial charge in [-0.2, -0.15) is 0 Å². The number of aromatic nitrogens is 3. The van der Waals surface area contributed by atoms with E-state index in [0.29, 0.717) is 0 Å². The van der Waals surface area contributed by atoms with Gasteiger partial charge in [0.15, 0.2) is 0 Å². The van der Waals surface area contributed by atoms with Crippen molar-refractivity contribution >= 4 is 15.8 Å². The number of carbonyl (C=O) groups is 1. The first-order chi connectivity index (χ1) is 6.88. The number of nitrogens with zero attached hydrogens (tertiary/aromatic N) is 3. The summed E-state index contributed by atoms with van der Waals surface area (Å²) in [5.41, 5.74) is 0. The van der Waals surface area contributed by atoms with Crippen LogP contribution in [0.2, 0.25) is 0 Å². The molecule has 8 heteroatoms. The van der Waals surface area contributed by atoms with Crippen molar-refractivity contribution < 1.29 is 18.3 Å². The summed E-state index contributed by atoms with van der Waals surface area (Å²) in [7, 11) is -2.02. The lowest BCUT2D eigenvalue weighted by molar-refractivity contribution is -0.136. The second kappa shape index (κ2) is 3.97. The van der Waals surface area contributed by atoms with Gasteiger partial charge in [-0.1, -0.05) is 6.92 Å². The van der Waals surface area contributed by atoms with E-state index >= 15 is 0 Å². The molecule has 7 nitrogen and oxygen atoms in total. The minimum atomic E-state index is -3.45. The maximum atomic E-state index is 11.5. The number of hydrogen-bond acceptors (Lipinski definition) is 5. The molecule has 0 aliphatic carbocycles. The molecule has 1 N–H and O–H groups in total. The van der Waals surface area contributed by atoms with Gasteiger partial charge < -0.3 is 9.67 Å². The van der Waals surface area contributed by atoms with Crippen LogP contribution in [0, 0.1) is 0 Å². The van der Waals surface area contributed by atoms with Gasteiger partial charge >= 0.3 is 5.97 Å². The van der Waals surface area contributed by atoms with Crippen LogP contribution in [0.15, 0.2) is 5.16 Å². The minimum Gasteiger partial charge on any atom is -0.481 e. The highest BCUT2D eigenvalue weighted by Crippen LogP contribution is 2.08. The summed E-state index contributed by atoms with van der Waals surface area (Å²) in [6, 6.07) is 0. The van der Waals surface area contributed by atoms with E-state index in [1.54, 1.807) is 0 Å². The number of carboxylic acid groups (broad SMARTS) is 1. The largest absolute Gasteiger partial charge is 0.481 e. The van der Waals surface area contributed by atoms with Crippen LogP contribution in [0.1, 0.15) is 12.7 Å². The fourth-order valence-electron chi connectivity index (χ4n) is 1.03. The molecule has 0 atom stereocenters. The van der Waals surface area contributed by atoms with Gasteiger partial charge in [-0.25, -0.2) is 8.42 Å². The molecule has 1 rings (SSSR count). The van der Waals surface area contributed by atoms with Crippen molar-refractivity contribution in [2.75, 3.05) is 5.75 Å². The van der Waals surface area contributed by atoms with E-state index in [9.17, 15) is 13.2 Å². The van der Waals surface area contributed by atoms with Gasteiger partial charge in [0.05, 0.1) is 5.75 Å². The van der Waals surface area contributed by atoms with Crippen molar-refractivity contribution in [3.05, 3.63) is 5.82 Å². The molecule has 0 aromatic carbocycles. The maximum absolute atomic E-state index is 11.5. The van der Waals surface area contributed by atoms with Crippen molar-refractivity contribution in [3.63, 3.8) is 0 Å². The molecule has 1 heterocycles. The molecule has 0 aliphatic heterocycles. The molecule has 1 aromatic heterocycles. The lowest BCUT2D eigenvalue weighted by Gasteiger charge is -2.01. The third-order valence-electron chi connectivity index (χ3n) is 1.89. The predicted molar refractivity (Wildman–Crippen MR) is 50.1 cm³/mol. The van der Waals surface area contributed by atoms with Crippen LogP contribution < -0.4 is 0 Å². The summed E-state index contributed by atoms with van der Waals surface area (Å²) in [6.07, 6.45) is -0.345. The Bertz CT molecular complexity index is 476. The van der Waals surface area contributed by atoms with Gasteiger partial charge in [-0.05, 0) is 0 Å². The zero-order valence-electron chi connectivity index (χ0n) is 8.34. The van der Waals surface area contributed by atoms with E-state index in [0.717, 1.165) is 0 Å². The van der Waals surface area contributed by atoms with Crippen LogP contribution in [-0.2, 0) is 28.1 Å². The van der Waals surface area contributed by atoms with Gasteiger partial charge in [0, 0.05) is 7.05 Å². The third kappa shape index (κ3) is 2.32. The van der Waals surface area contributed by atoms with Crippen LogP contribution in [-0.4, -0.2) is 40.0 Å². The Morgan fingerprint density at radius 2 is 2.07 bits per heavy atom. The molecular weight excluding hydrogens is 222 g/mol.